The first-order valence-corrected chi connectivity index (χ1v) is 7.31. The van der Waals surface area contributed by atoms with Gasteiger partial charge >= 0.3 is 0 Å². The molecule has 3 rings (SSSR count). The third-order valence-electron chi connectivity index (χ3n) is 3.62. The van der Waals surface area contributed by atoms with Crippen LogP contribution in [0.1, 0.15) is 18.7 Å². The Balaban J connectivity index is 2.20. The van der Waals surface area contributed by atoms with Gasteiger partial charge in [0.25, 0.3) is 0 Å². The minimum Gasteiger partial charge on any atom is -0.368 e. The van der Waals surface area contributed by atoms with E-state index in [1.54, 1.807) is 11.3 Å². The maximum Gasteiger partial charge on any atom is 0.245 e. The van der Waals surface area contributed by atoms with Crippen molar-refractivity contribution in [1.82, 2.24) is 15.3 Å². The topological polar surface area (TPSA) is 84.1 Å². The lowest BCUT2D eigenvalue weighted by Gasteiger charge is -2.42. The minimum atomic E-state index is -0.651. The van der Waals surface area contributed by atoms with Crippen LogP contribution in [0, 0.1) is 6.92 Å². The number of hydrogen-bond donors (Lipinski definition) is 2. The van der Waals surface area contributed by atoms with Crippen molar-refractivity contribution in [1.29, 1.82) is 0 Å². The summed E-state index contributed by atoms with van der Waals surface area (Å²) < 4.78 is 0. The highest BCUT2D eigenvalue weighted by Crippen LogP contribution is 2.34. The van der Waals surface area contributed by atoms with Crippen LogP contribution in [-0.2, 0) is 4.79 Å². The normalized spacial score (nSPS) is 18.4. The second kappa shape index (κ2) is 4.31. The highest BCUT2D eigenvalue weighted by atomic mass is 32.1. The maximum atomic E-state index is 12.1. The van der Waals surface area contributed by atoms with Crippen molar-refractivity contribution in [3.05, 3.63) is 10.9 Å². The smallest absolute Gasteiger partial charge is 0.245 e. The number of aromatic nitrogens is 2. The lowest BCUT2D eigenvalue weighted by Crippen LogP contribution is -2.62. The van der Waals surface area contributed by atoms with E-state index >= 15 is 0 Å². The number of fused-ring (bicyclic) bond motifs is 1. The van der Waals surface area contributed by atoms with Crippen molar-refractivity contribution in [2.75, 3.05) is 23.7 Å². The monoisotopic (exact) mass is 291 g/mol. The van der Waals surface area contributed by atoms with Gasteiger partial charge < -0.3 is 16.0 Å². The predicted molar refractivity (Wildman–Crippen MR) is 81.0 cm³/mol. The molecule has 106 valence electrons. The van der Waals surface area contributed by atoms with Crippen molar-refractivity contribution in [2.24, 2.45) is 0 Å². The van der Waals surface area contributed by atoms with E-state index in [0.717, 1.165) is 20.9 Å². The highest BCUT2D eigenvalue weighted by Gasteiger charge is 2.39. The Morgan fingerprint density at radius 1 is 1.45 bits per heavy atom. The van der Waals surface area contributed by atoms with Crippen LogP contribution >= 0.6 is 11.3 Å². The molecule has 2 aromatic heterocycles. The molecule has 0 aromatic carbocycles. The van der Waals surface area contributed by atoms with Crippen molar-refractivity contribution in [3.63, 3.8) is 0 Å². The number of amides is 1. The molecule has 6 nitrogen and oxygen atoms in total. The molecule has 0 spiro atoms. The number of carbonyl (C=O) groups is 1. The molecule has 0 radical (unpaired) electrons. The number of anilines is 2. The Labute approximate surface area is 121 Å². The number of aryl methyl sites for hydroxylation is 1. The van der Waals surface area contributed by atoms with Crippen LogP contribution in [0.25, 0.3) is 10.2 Å². The fraction of sp³-hybridized carbons (Fsp3) is 0.462. The molecule has 0 bridgehead atoms. The van der Waals surface area contributed by atoms with Crippen molar-refractivity contribution < 1.29 is 4.79 Å². The lowest BCUT2D eigenvalue weighted by atomic mass is 9.98. The number of rotatable bonds is 1. The summed E-state index contributed by atoms with van der Waals surface area (Å²) in [4.78, 5) is 24.8. The van der Waals surface area contributed by atoms with Crippen LogP contribution in [0.4, 0.5) is 11.8 Å². The Hall–Kier alpha value is -1.89. The van der Waals surface area contributed by atoms with Gasteiger partial charge in [0, 0.05) is 18.0 Å². The van der Waals surface area contributed by atoms with E-state index in [9.17, 15) is 4.79 Å². The molecule has 3 N–H and O–H groups in total. The van der Waals surface area contributed by atoms with E-state index in [1.165, 1.54) is 0 Å². The fourth-order valence-corrected chi connectivity index (χ4v) is 3.40. The summed E-state index contributed by atoms with van der Waals surface area (Å²) in [6, 6.07) is 2.05. The molecule has 0 saturated carbocycles. The number of hydrogen-bond acceptors (Lipinski definition) is 6. The fourth-order valence-electron chi connectivity index (χ4n) is 2.52. The van der Waals surface area contributed by atoms with E-state index in [1.807, 2.05) is 25.7 Å². The molecular weight excluding hydrogens is 274 g/mol. The molecule has 3 heterocycles. The first kappa shape index (κ1) is 13.1. The lowest BCUT2D eigenvalue weighted by molar-refractivity contribution is -0.126. The third kappa shape index (κ3) is 1.89. The van der Waals surface area contributed by atoms with Gasteiger partial charge in [0.15, 0.2) is 0 Å². The van der Waals surface area contributed by atoms with Gasteiger partial charge in [-0.3, -0.25) is 4.79 Å². The summed E-state index contributed by atoms with van der Waals surface area (Å²) in [7, 11) is 0. The van der Waals surface area contributed by atoms with Gasteiger partial charge in [0.1, 0.15) is 16.2 Å². The molecule has 1 fully saturated rings. The Morgan fingerprint density at radius 2 is 2.20 bits per heavy atom. The molecule has 1 aliphatic rings. The molecule has 2 aromatic rings. The molecule has 0 atom stereocenters. The van der Waals surface area contributed by atoms with Gasteiger partial charge in [-0.15, -0.1) is 11.3 Å². The standard InChI is InChI=1S/C13H17N5OS/c1-7-6-8-9(16-12(14)17-10(8)20-7)18-5-4-15-11(19)13(18,2)3/h6H,4-5H2,1-3H3,(H,15,19)(H2,14,16,17). The zero-order valence-electron chi connectivity index (χ0n) is 11.7. The molecule has 20 heavy (non-hydrogen) atoms. The van der Waals surface area contributed by atoms with Gasteiger partial charge in [-0.2, -0.15) is 4.98 Å². The van der Waals surface area contributed by atoms with E-state index in [0.29, 0.717) is 13.1 Å². The number of nitrogens with two attached hydrogens (primary N) is 1. The van der Waals surface area contributed by atoms with Crippen molar-refractivity contribution in [2.45, 2.75) is 26.3 Å². The number of thiophene rings is 1. The van der Waals surface area contributed by atoms with Crippen LogP contribution in [0.5, 0.6) is 0 Å². The first-order valence-electron chi connectivity index (χ1n) is 6.49. The quantitative estimate of drug-likeness (QED) is 0.827. The highest BCUT2D eigenvalue weighted by molar-refractivity contribution is 7.18. The predicted octanol–water partition coefficient (Wildman–Crippen LogP) is 1.30. The summed E-state index contributed by atoms with van der Waals surface area (Å²) in [6.45, 7) is 7.13. The number of piperazine rings is 1. The van der Waals surface area contributed by atoms with Crippen LogP contribution in [0.15, 0.2) is 6.07 Å². The molecule has 0 aliphatic carbocycles. The van der Waals surface area contributed by atoms with Crippen LogP contribution < -0.4 is 16.0 Å². The van der Waals surface area contributed by atoms with Crippen LogP contribution in [0.2, 0.25) is 0 Å². The van der Waals surface area contributed by atoms with Crippen molar-refractivity contribution in [3.8, 4) is 0 Å². The minimum absolute atomic E-state index is 0.000959. The van der Waals surface area contributed by atoms with Gasteiger partial charge in [0.2, 0.25) is 11.9 Å². The largest absolute Gasteiger partial charge is 0.368 e. The zero-order chi connectivity index (χ0) is 14.5. The summed E-state index contributed by atoms with van der Waals surface area (Å²) in [5.74, 6) is 0.994. The van der Waals surface area contributed by atoms with Gasteiger partial charge in [-0.25, -0.2) is 4.98 Å². The first-order chi connectivity index (χ1) is 9.39. The molecule has 0 unspecified atom stereocenters. The summed E-state index contributed by atoms with van der Waals surface area (Å²) in [5.41, 5.74) is 5.17. The van der Waals surface area contributed by atoms with Gasteiger partial charge in [-0.1, -0.05) is 0 Å². The molecule has 1 amide bonds. The maximum absolute atomic E-state index is 12.1. The number of nitrogens with one attached hydrogen (secondary N) is 1. The third-order valence-corrected chi connectivity index (χ3v) is 4.56. The number of nitrogen functional groups attached to an aromatic ring is 1. The van der Waals surface area contributed by atoms with Crippen molar-refractivity contribution >= 4 is 39.2 Å². The average molecular weight is 291 g/mol. The molecular formula is C13H17N5OS. The Kier molecular flexibility index (Phi) is 2.82. The van der Waals surface area contributed by atoms with E-state index in [-0.39, 0.29) is 11.9 Å². The molecule has 1 aliphatic heterocycles. The summed E-state index contributed by atoms with van der Waals surface area (Å²) >= 11 is 1.59. The Bertz CT molecular complexity index is 693. The average Bonchev–Trinajstić information content (AvgIpc) is 2.72. The van der Waals surface area contributed by atoms with E-state index in [2.05, 4.69) is 21.4 Å². The zero-order valence-corrected chi connectivity index (χ0v) is 12.5. The molecule has 1 saturated heterocycles. The van der Waals surface area contributed by atoms with Crippen LogP contribution in [0.3, 0.4) is 0 Å². The second-order valence-corrected chi connectivity index (χ2v) is 6.68. The summed E-state index contributed by atoms with van der Waals surface area (Å²) in [5, 5.41) is 3.85. The SMILES string of the molecule is Cc1cc2c(N3CCNC(=O)C3(C)C)nc(N)nc2s1. The van der Waals surface area contributed by atoms with Gasteiger partial charge in [-0.05, 0) is 26.8 Å². The van der Waals surface area contributed by atoms with E-state index < -0.39 is 5.54 Å². The Morgan fingerprint density at radius 3 is 2.95 bits per heavy atom. The van der Waals surface area contributed by atoms with E-state index in [4.69, 9.17) is 5.73 Å². The number of carbonyl (C=O) groups excluding carboxylic acids is 1. The molecule has 7 heteroatoms. The van der Waals surface area contributed by atoms with Crippen LogP contribution in [-0.4, -0.2) is 34.5 Å². The second-order valence-electron chi connectivity index (χ2n) is 5.45. The summed E-state index contributed by atoms with van der Waals surface area (Å²) in [6.07, 6.45) is 0. The number of nitrogens with zero attached hydrogens (tertiary/aromatic N) is 3. The van der Waals surface area contributed by atoms with Gasteiger partial charge in [0.05, 0.1) is 5.39 Å².